The Labute approximate surface area is 183 Å². The molecule has 8 nitrogen and oxygen atoms in total. The van der Waals surface area contributed by atoms with E-state index in [1.807, 2.05) is 19.1 Å². The Morgan fingerprint density at radius 1 is 0.969 bits per heavy atom. The molecule has 4 rings (SSSR count). The van der Waals surface area contributed by atoms with Gasteiger partial charge in [0.2, 0.25) is 0 Å². The molecule has 1 aliphatic rings. The fraction of sp³-hybridized carbons (Fsp3) is 0.125. The smallest absolute Gasteiger partial charge is 0.274 e. The van der Waals surface area contributed by atoms with Crippen molar-refractivity contribution in [3.8, 4) is 0 Å². The molecule has 0 atom stereocenters. The lowest BCUT2D eigenvalue weighted by Crippen LogP contribution is -2.30. The summed E-state index contributed by atoms with van der Waals surface area (Å²) in [6.45, 7) is 1.83. The lowest BCUT2D eigenvalue weighted by Gasteiger charge is -2.17. The minimum absolute atomic E-state index is 0.0231. The summed E-state index contributed by atoms with van der Waals surface area (Å²) in [4.78, 5) is 52.1. The van der Waals surface area contributed by atoms with Crippen LogP contribution in [0.4, 0.5) is 11.4 Å². The molecule has 0 radical (unpaired) electrons. The topological polar surface area (TPSA) is 101 Å². The van der Waals surface area contributed by atoms with Crippen molar-refractivity contribution in [3.63, 3.8) is 0 Å². The maximum atomic E-state index is 13.0. The Morgan fingerprint density at radius 3 is 2.34 bits per heavy atom. The number of benzene rings is 3. The molecule has 3 aromatic rings. The van der Waals surface area contributed by atoms with Gasteiger partial charge in [-0.3, -0.25) is 24.5 Å². The van der Waals surface area contributed by atoms with Gasteiger partial charge in [0.25, 0.3) is 23.4 Å². The molecule has 8 heteroatoms. The molecule has 3 amide bonds. The number of hydrogen-bond donors (Lipinski definition) is 0. The number of fused-ring (bicyclic) bond motifs is 1. The predicted octanol–water partition coefficient (Wildman–Crippen LogP) is 3.98. The van der Waals surface area contributed by atoms with E-state index in [1.54, 1.807) is 30.3 Å². The molecule has 1 heterocycles. The molecule has 0 aliphatic carbocycles. The molecule has 32 heavy (non-hydrogen) atoms. The number of carbonyl (C=O) groups excluding carboxylic acids is 3. The highest BCUT2D eigenvalue weighted by Crippen LogP contribution is 2.31. The number of carbonyl (C=O) groups is 3. The van der Waals surface area contributed by atoms with Gasteiger partial charge in [-0.25, -0.2) is 4.90 Å². The van der Waals surface area contributed by atoms with Gasteiger partial charge >= 0.3 is 0 Å². The number of amides is 3. The number of imide groups is 1. The van der Waals surface area contributed by atoms with Gasteiger partial charge < -0.3 is 4.90 Å². The van der Waals surface area contributed by atoms with Crippen LogP contribution in [0.5, 0.6) is 0 Å². The number of nitro groups is 1. The normalized spacial score (nSPS) is 12.6. The van der Waals surface area contributed by atoms with Crippen LogP contribution >= 0.6 is 0 Å². The van der Waals surface area contributed by atoms with E-state index in [4.69, 9.17) is 0 Å². The van der Waals surface area contributed by atoms with Crippen LogP contribution in [-0.2, 0) is 6.54 Å². The summed E-state index contributed by atoms with van der Waals surface area (Å²) in [5.74, 6) is -1.34. The predicted molar refractivity (Wildman–Crippen MR) is 118 cm³/mol. The molecule has 3 aromatic carbocycles. The maximum absolute atomic E-state index is 13.0. The van der Waals surface area contributed by atoms with Crippen molar-refractivity contribution in [2.45, 2.75) is 13.5 Å². The molecule has 0 saturated carbocycles. The number of para-hydroxylation sites is 2. The van der Waals surface area contributed by atoms with E-state index in [1.165, 1.54) is 36.2 Å². The zero-order valence-electron chi connectivity index (χ0n) is 17.4. The third-order valence-corrected chi connectivity index (χ3v) is 5.43. The molecule has 0 spiro atoms. The van der Waals surface area contributed by atoms with Gasteiger partial charge in [0, 0.05) is 24.2 Å². The largest absolute Gasteiger partial charge is 0.337 e. The van der Waals surface area contributed by atoms with Gasteiger partial charge in [0.15, 0.2) is 0 Å². The third kappa shape index (κ3) is 3.51. The molecule has 1 aliphatic heterocycles. The third-order valence-electron chi connectivity index (χ3n) is 5.43. The summed E-state index contributed by atoms with van der Waals surface area (Å²) in [5, 5.41) is 11.2. The number of nitro benzene ring substituents is 1. The van der Waals surface area contributed by atoms with E-state index in [2.05, 4.69) is 0 Å². The summed E-state index contributed by atoms with van der Waals surface area (Å²) < 4.78 is 0. The first kappa shape index (κ1) is 20.9. The standard InChI is InChI=1S/C24H19N3O5/c1-15-7-3-5-9-20(15)26-23(29)18-12-11-16(13-19(18)24(26)30)22(28)25(2)14-17-8-4-6-10-21(17)27(31)32/h3-13H,14H2,1-2H3. The lowest BCUT2D eigenvalue weighted by molar-refractivity contribution is -0.385. The molecule has 0 bridgehead atoms. The zero-order valence-corrected chi connectivity index (χ0v) is 17.4. The Bertz CT molecular complexity index is 1280. The van der Waals surface area contributed by atoms with Crippen LogP contribution in [0, 0.1) is 17.0 Å². The van der Waals surface area contributed by atoms with Crippen LogP contribution in [0.3, 0.4) is 0 Å². The van der Waals surface area contributed by atoms with Crippen molar-refractivity contribution in [2.24, 2.45) is 0 Å². The van der Waals surface area contributed by atoms with E-state index >= 15 is 0 Å². The highest BCUT2D eigenvalue weighted by atomic mass is 16.6. The monoisotopic (exact) mass is 429 g/mol. The van der Waals surface area contributed by atoms with Gasteiger partial charge in [-0.15, -0.1) is 0 Å². The molecular formula is C24H19N3O5. The van der Waals surface area contributed by atoms with E-state index < -0.39 is 22.6 Å². The highest BCUT2D eigenvalue weighted by molar-refractivity contribution is 6.35. The van der Waals surface area contributed by atoms with Crippen LogP contribution in [-0.4, -0.2) is 34.6 Å². The second-order valence-corrected chi connectivity index (χ2v) is 7.54. The van der Waals surface area contributed by atoms with Gasteiger partial charge in [-0.05, 0) is 36.8 Å². The number of aryl methyl sites for hydroxylation is 1. The van der Waals surface area contributed by atoms with Crippen LogP contribution in [0.2, 0.25) is 0 Å². The van der Waals surface area contributed by atoms with E-state index in [0.717, 1.165) is 10.5 Å². The Hall–Kier alpha value is -4.33. The van der Waals surface area contributed by atoms with E-state index in [-0.39, 0.29) is 28.9 Å². The van der Waals surface area contributed by atoms with Crippen LogP contribution < -0.4 is 4.90 Å². The molecule has 0 fully saturated rings. The molecule has 160 valence electrons. The highest BCUT2D eigenvalue weighted by Gasteiger charge is 2.37. The fourth-order valence-corrected chi connectivity index (χ4v) is 3.78. The molecule has 0 N–H and O–H groups in total. The first-order valence-corrected chi connectivity index (χ1v) is 9.86. The summed E-state index contributed by atoms with van der Waals surface area (Å²) in [7, 11) is 1.53. The van der Waals surface area contributed by atoms with Crippen LogP contribution in [0.15, 0.2) is 66.7 Å². The van der Waals surface area contributed by atoms with Crippen molar-refractivity contribution in [1.82, 2.24) is 4.90 Å². The minimum atomic E-state index is -0.493. The van der Waals surface area contributed by atoms with E-state index in [9.17, 15) is 24.5 Å². The Kier molecular flexibility index (Phi) is 5.28. The Morgan fingerprint density at radius 2 is 1.62 bits per heavy atom. The SMILES string of the molecule is Cc1ccccc1N1C(=O)c2ccc(C(=O)N(C)Cc3ccccc3[N+](=O)[O-])cc2C1=O. The lowest BCUT2D eigenvalue weighted by atomic mass is 10.0. The molecule has 0 aromatic heterocycles. The average Bonchev–Trinajstić information content (AvgIpc) is 3.03. The number of rotatable bonds is 5. The first-order valence-electron chi connectivity index (χ1n) is 9.86. The summed E-state index contributed by atoms with van der Waals surface area (Å²) in [6.07, 6.45) is 0. The zero-order chi connectivity index (χ0) is 23.0. The summed E-state index contributed by atoms with van der Waals surface area (Å²) >= 11 is 0. The molecule has 0 saturated heterocycles. The quantitative estimate of drug-likeness (QED) is 0.347. The maximum Gasteiger partial charge on any atom is 0.274 e. The second-order valence-electron chi connectivity index (χ2n) is 7.54. The van der Waals surface area contributed by atoms with Crippen molar-refractivity contribution in [2.75, 3.05) is 11.9 Å². The van der Waals surface area contributed by atoms with Gasteiger partial charge in [-0.1, -0.05) is 36.4 Å². The van der Waals surface area contributed by atoms with Crippen LogP contribution in [0.1, 0.15) is 42.2 Å². The number of nitrogens with zero attached hydrogens (tertiary/aromatic N) is 3. The summed E-state index contributed by atoms with van der Waals surface area (Å²) in [6, 6.07) is 17.7. The van der Waals surface area contributed by atoms with Crippen molar-refractivity contribution in [1.29, 1.82) is 0 Å². The molecule has 0 unspecified atom stereocenters. The van der Waals surface area contributed by atoms with Gasteiger partial charge in [0.05, 0.1) is 28.3 Å². The van der Waals surface area contributed by atoms with Gasteiger partial charge in [-0.2, -0.15) is 0 Å². The average molecular weight is 429 g/mol. The fourth-order valence-electron chi connectivity index (χ4n) is 3.78. The van der Waals surface area contributed by atoms with Crippen LogP contribution in [0.25, 0.3) is 0 Å². The molecular weight excluding hydrogens is 410 g/mol. The summed E-state index contributed by atoms with van der Waals surface area (Å²) in [5.41, 5.74) is 2.21. The van der Waals surface area contributed by atoms with E-state index in [0.29, 0.717) is 11.3 Å². The Balaban J connectivity index is 1.61. The number of anilines is 1. The van der Waals surface area contributed by atoms with Gasteiger partial charge in [0.1, 0.15) is 0 Å². The minimum Gasteiger partial charge on any atom is -0.337 e. The van der Waals surface area contributed by atoms with Crippen molar-refractivity contribution >= 4 is 29.1 Å². The second kappa shape index (κ2) is 8.07. The van der Waals surface area contributed by atoms with Crippen molar-refractivity contribution < 1.29 is 19.3 Å². The van der Waals surface area contributed by atoms with Crippen molar-refractivity contribution in [3.05, 3.63) is 105 Å². The number of hydrogen-bond acceptors (Lipinski definition) is 5. The first-order chi connectivity index (χ1) is 15.3.